The van der Waals surface area contributed by atoms with Crippen molar-refractivity contribution >= 4 is 11.6 Å². The molecule has 0 aromatic heterocycles. The molecule has 0 saturated heterocycles. The standard InChI is InChI=1S/C11H13ClF3N/c1-7(2)16-6-8-4-3-5-9(10(8)12)11(13,14)15/h3-5,7,16H,6H2,1-2H3. The van der Waals surface area contributed by atoms with E-state index in [0.717, 1.165) is 6.07 Å². The van der Waals surface area contributed by atoms with Gasteiger partial charge < -0.3 is 5.32 Å². The average Bonchev–Trinajstić information content (AvgIpc) is 2.14. The second kappa shape index (κ2) is 5.06. The summed E-state index contributed by atoms with van der Waals surface area (Å²) in [5.41, 5.74) is -0.317. The molecule has 0 aliphatic carbocycles. The van der Waals surface area contributed by atoms with Gasteiger partial charge in [0.1, 0.15) is 0 Å². The Labute approximate surface area is 97.6 Å². The van der Waals surface area contributed by atoms with Crippen LogP contribution in [0.15, 0.2) is 18.2 Å². The smallest absolute Gasteiger partial charge is 0.310 e. The van der Waals surface area contributed by atoms with Crippen molar-refractivity contribution in [3.05, 3.63) is 34.3 Å². The SMILES string of the molecule is CC(C)NCc1cccc(C(F)(F)F)c1Cl. The highest BCUT2D eigenvalue weighted by atomic mass is 35.5. The fraction of sp³-hybridized carbons (Fsp3) is 0.455. The average molecular weight is 252 g/mol. The van der Waals surface area contributed by atoms with Gasteiger partial charge in [-0.05, 0) is 11.6 Å². The molecular weight excluding hydrogens is 239 g/mol. The maximum absolute atomic E-state index is 12.5. The zero-order valence-corrected chi connectivity index (χ0v) is 9.78. The minimum atomic E-state index is -4.40. The third-order valence-corrected chi connectivity index (χ3v) is 2.53. The molecule has 0 aliphatic rings. The Bertz CT molecular complexity index is 361. The topological polar surface area (TPSA) is 12.0 Å². The number of alkyl halides is 3. The van der Waals surface area contributed by atoms with Crippen molar-refractivity contribution < 1.29 is 13.2 Å². The summed E-state index contributed by atoms with van der Waals surface area (Å²) in [7, 11) is 0. The van der Waals surface area contributed by atoms with Crippen LogP contribution in [0.2, 0.25) is 5.02 Å². The fourth-order valence-corrected chi connectivity index (χ4v) is 1.55. The first-order chi connectivity index (χ1) is 7.32. The number of nitrogens with one attached hydrogen (secondary N) is 1. The highest BCUT2D eigenvalue weighted by molar-refractivity contribution is 6.32. The molecule has 0 bridgehead atoms. The van der Waals surface area contributed by atoms with E-state index in [4.69, 9.17) is 11.6 Å². The third kappa shape index (κ3) is 3.39. The molecule has 0 radical (unpaired) electrons. The Balaban J connectivity index is 2.96. The summed E-state index contributed by atoms with van der Waals surface area (Å²) in [5.74, 6) is 0. The molecule has 5 heteroatoms. The van der Waals surface area contributed by atoms with Crippen LogP contribution in [0.4, 0.5) is 13.2 Å². The van der Waals surface area contributed by atoms with Crippen LogP contribution in [0.25, 0.3) is 0 Å². The highest BCUT2D eigenvalue weighted by Gasteiger charge is 2.33. The van der Waals surface area contributed by atoms with Crippen LogP contribution < -0.4 is 5.32 Å². The molecule has 16 heavy (non-hydrogen) atoms. The molecule has 1 N–H and O–H groups in total. The lowest BCUT2D eigenvalue weighted by molar-refractivity contribution is -0.137. The van der Waals surface area contributed by atoms with Crippen molar-refractivity contribution in [1.29, 1.82) is 0 Å². The van der Waals surface area contributed by atoms with Crippen molar-refractivity contribution in [3.63, 3.8) is 0 Å². The van der Waals surface area contributed by atoms with Gasteiger partial charge in [0.2, 0.25) is 0 Å². The van der Waals surface area contributed by atoms with Crippen LogP contribution in [0, 0.1) is 0 Å². The Morgan fingerprint density at radius 3 is 2.44 bits per heavy atom. The van der Waals surface area contributed by atoms with Gasteiger partial charge in [0.25, 0.3) is 0 Å². The zero-order valence-electron chi connectivity index (χ0n) is 9.03. The lowest BCUT2D eigenvalue weighted by Gasteiger charge is -2.14. The predicted molar refractivity (Wildman–Crippen MR) is 58.4 cm³/mol. The summed E-state index contributed by atoms with van der Waals surface area (Å²) >= 11 is 5.72. The van der Waals surface area contributed by atoms with Crippen LogP contribution in [0.3, 0.4) is 0 Å². The predicted octanol–water partition coefficient (Wildman–Crippen LogP) is 3.86. The Morgan fingerprint density at radius 1 is 1.31 bits per heavy atom. The molecule has 90 valence electrons. The lowest BCUT2D eigenvalue weighted by Crippen LogP contribution is -2.22. The second-order valence-electron chi connectivity index (χ2n) is 3.81. The molecule has 0 spiro atoms. The van der Waals surface area contributed by atoms with E-state index >= 15 is 0 Å². The van der Waals surface area contributed by atoms with Gasteiger partial charge in [-0.15, -0.1) is 0 Å². The summed E-state index contributed by atoms with van der Waals surface area (Å²) in [5, 5.41) is 2.81. The molecule has 1 rings (SSSR count). The number of benzene rings is 1. The first-order valence-electron chi connectivity index (χ1n) is 4.90. The van der Waals surface area contributed by atoms with Gasteiger partial charge in [-0.1, -0.05) is 37.6 Å². The van der Waals surface area contributed by atoms with E-state index in [2.05, 4.69) is 5.32 Å². The van der Waals surface area contributed by atoms with Crippen LogP contribution in [0.1, 0.15) is 25.0 Å². The maximum atomic E-state index is 12.5. The molecule has 0 saturated carbocycles. The van der Waals surface area contributed by atoms with Crippen molar-refractivity contribution in [1.82, 2.24) is 5.32 Å². The molecule has 0 atom stereocenters. The summed E-state index contributed by atoms with van der Waals surface area (Å²) in [6.07, 6.45) is -4.40. The largest absolute Gasteiger partial charge is 0.417 e. The molecule has 1 nitrogen and oxygen atoms in total. The summed E-state index contributed by atoms with van der Waals surface area (Å²) in [6.45, 7) is 4.17. The molecular formula is C11H13ClF3N. The molecule has 0 aliphatic heterocycles. The summed E-state index contributed by atoms with van der Waals surface area (Å²) in [4.78, 5) is 0. The number of rotatable bonds is 3. The van der Waals surface area contributed by atoms with E-state index in [0.29, 0.717) is 12.1 Å². The Kier molecular flexibility index (Phi) is 4.21. The van der Waals surface area contributed by atoms with Crippen LogP contribution >= 0.6 is 11.6 Å². The summed E-state index contributed by atoms with van der Waals surface area (Å²) in [6, 6.07) is 4.14. The first kappa shape index (κ1) is 13.3. The molecule has 0 unspecified atom stereocenters. The molecule has 0 heterocycles. The normalized spacial score (nSPS) is 12.2. The summed E-state index contributed by atoms with van der Waals surface area (Å²) < 4.78 is 37.6. The minimum absolute atomic E-state index is 0.200. The third-order valence-electron chi connectivity index (χ3n) is 2.08. The van der Waals surface area contributed by atoms with Gasteiger partial charge in [-0.2, -0.15) is 13.2 Å². The van der Waals surface area contributed by atoms with Gasteiger partial charge in [0.05, 0.1) is 10.6 Å². The van der Waals surface area contributed by atoms with Gasteiger partial charge in [0, 0.05) is 12.6 Å². The van der Waals surface area contributed by atoms with E-state index in [-0.39, 0.29) is 11.1 Å². The Morgan fingerprint density at radius 2 is 1.94 bits per heavy atom. The van der Waals surface area contributed by atoms with Crippen molar-refractivity contribution in [2.45, 2.75) is 32.6 Å². The van der Waals surface area contributed by atoms with Crippen LogP contribution in [-0.4, -0.2) is 6.04 Å². The van der Waals surface area contributed by atoms with Crippen molar-refractivity contribution in [2.75, 3.05) is 0 Å². The van der Waals surface area contributed by atoms with E-state index in [1.165, 1.54) is 6.07 Å². The van der Waals surface area contributed by atoms with E-state index < -0.39 is 11.7 Å². The fourth-order valence-electron chi connectivity index (χ4n) is 1.25. The lowest BCUT2D eigenvalue weighted by atomic mass is 10.1. The molecule has 0 amide bonds. The quantitative estimate of drug-likeness (QED) is 0.860. The number of halogens is 4. The van der Waals surface area contributed by atoms with Crippen LogP contribution in [0.5, 0.6) is 0 Å². The zero-order chi connectivity index (χ0) is 12.3. The molecule has 0 fully saturated rings. The highest BCUT2D eigenvalue weighted by Crippen LogP contribution is 2.36. The van der Waals surface area contributed by atoms with Crippen molar-refractivity contribution in [2.24, 2.45) is 0 Å². The first-order valence-corrected chi connectivity index (χ1v) is 5.28. The second-order valence-corrected chi connectivity index (χ2v) is 4.19. The molecule has 1 aromatic carbocycles. The minimum Gasteiger partial charge on any atom is -0.310 e. The van der Waals surface area contributed by atoms with E-state index in [1.807, 2.05) is 13.8 Å². The van der Waals surface area contributed by atoms with Crippen molar-refractivity contribution in [3.8, 4) is 0 Å². The van der Waals surface area contributed by atoms with Gasteiger partial charge >= 0.3 is 6.18 Å². The molecule has 1 aromatic rings. The van der Waals surface area contributed by atoms with E-state index in [9.17, 15) is 13.2 Å². The van der Waals surface area contributed by atoms with Gasteiger partial charge in [0.15, 0.2) is 0 Å². The monoisotopic (exact) mass is 251 g/mol. The number of hydrogen-bond acceptors (Lipinski definition) is 1. The Hall–Kier alpha value is -0.740. The number of hydrogen-bond donors (Lipinski definition) is 1. The van der Waals surface area contributed by atoms with E-state index in [1.54, 1.807) is 6.07 Å². The van der Waals surface area contributed by atoms with Gasteiger partial charge in [-0.3, -0.25) is 0 Å². The van der Waals surface area contributed by atoms with Crippen LogP contribution in [-0.2, 0) is 12.7 Å². The van der Waals surface area contributed by atoms with Gasteiger partial charge in [-0.25, -0.2) is 0 Å². The maximum Gasteiger partial charge on any atom is 0.417 e.